The topological polar surface area (TPSA) is 6.48 Å². The first-order valence-electron chi connectivity index (χ1n) is 22.7. The van der Waals surface area contributed by atoms with Gasteiger partial charge in [-0.3, -0.25) is 0 Å². The van der Waals surface area contributed by atoms with Crippen LogP contribution in [0.2, 0.25) is 0 Å². The number of anilines is 6. The number of nitrogens with zero attached hydrogens (tertiary/aromatic N) is 2. The lowest BCUT2D eigenvalue weighted by atomic mass is 9.84. The summed E-state index contributed by atoms with van der Waals surface area (Å²) in [5.74, 6) is 0. The zero-order valence-corrected chi connectivity index (χ0v) is 36.3. The van der Waals surface area contributed by atoms with Gasteiger partial charge in [0.25, 0.3) is 0 Å². The molecule has 0 aliphatic heterocycles. The van der Waals surface area contributed by atoms with Crippen molar-refractivity contribution in [3.8, 4) is 33.4 Å². The van der Waals surface area contributed by atoms with Crippen LogP contribution in [0.15, 0.2) is 267 Å². The summed E-state index contributed by atoms with van der Waals surface area (Å²) < 4.78 is 0. The number of benzene rings is 12. The summed E-state index contributed by atoms with van der Waals surface area (Å²) in [6.07, 6.45) is 0. The molecular weight excluding hydrogens is 797 g/mol. The summed E-state index contributed by atoms with van der Waals surface area (Å²) in [6, 6.07) is 97.2. The van der Waals surface area contributed by atoms with Crippen LogP contribution in [0.3, 0.4) is 0 Å². The summed E-state index contributed by atoms with van der Waals surface area (Å²) >= 11 is 0. The number of hydrogen-bond donors (Lipinski definition) is 0. The minimum absolute atomic E-state index is 1.09. The van der Waals surface area contributed by atoms with Gasteiger partial charge in [-0.2, -0.15) is 0 Å². The van der Waals surface area contributed by atoms with Crippen LogP contribution < -0.4 is 9.80 Å². The van der Waals surface area contributed by atoms with Gasteiger partial charge in [0.05, 0.1) is 0 Å². The SMILES string of the molecule is c1ccc(-c2ccc(-c3c4ccc(N(c5ccccc5)c5ccc6ccccc6c5)cc4c(-c4ccc5ccccc5c4)c4ccc(N(c5ccccc5)c5ccccc5)cc34)cc2)cc1. The Balaban J connectivity index is 1.17. The van der Waals surface area contributed by atoms with Crippen molar-refractivity contribution < 1.29 is 0 Å². The van der Waals surface area contributed by atoms with Gasteiger partial charge in [-0.1, -0.05) is 188 Å². The summed E-state index contributed by atoms with van der Waals surface area (Å²) in [7, 11) is 0. The molecule has 0 heterocycles. The highest BCUT2D eigenvalue weighted by molar-refractivity contribution is 6.23. The predicted octanol–water partition coefficient (Wildman–Crippen LogP) is 18.2. The molecule has 0 aliphatic carbocycles. The highest BCUT2D eigenvalue weighted by atomic mass is 15.1. The quantitative estimate of drug-likeness (QED) is 0.134. The molecule has 0 spiro atoms. The molecule has 310 valence electrons. The second kappa shape index (κ2) is 16.8. The van der Waals surface area contributed by atoms with E-state index < -0.39 is 0 Å². The fraction of sp³-hybridized carbons (Fsp3) is 0. The molecule has 0 N–H and O–H groups in total. The maximum absolute atomic E-state index is 2.43. The average Bonchev–Trinajstić information content (AvgIpc) is 3.39. The van der Waals surface area contributed by atoms with Crippen LogP contribution in [0.1, 0.15) is 0 Å². The van der Waals surface area contributed by atoms with Gasteiger partial charge in [-0.15, -0.1) is 0 Å². The van der Waals surface area contributed by atoms with Crippen molar-refractivity contribution in [1.29, 1.82) is 0 Å². The first-order valence-corrected chi connectivity index (χ1v) is 22.7. The van der Waals surface area contributed by atoms with Gasteiger partial charge in [-0.25, -0.2) is 0 Å². The molecule has 0 radical (unpaired) electrons. The monoisotopic (exact) mass is 840 g/mol. The molecule has 12 aromatic rings. The Morgan fingerprint density at radius 2 is 0.530 bits per heavy atom. The van der Waals surface area contributed by atoms with Gasteiger partial charge in [0.2, 0.25) is 0 Å². The molecule has 0 bridgehead atoms. The predicted molar refractivity (Wildman–Crippen MR) is 282 cm³/mol. The van der Waals surface area contributed by atoms with Crippen LogP contribution in [0.5, 0.6) is 0 Å². The number of para-hydroxylation sites is 3. The molecule has 0 aliphatic rings. The van der Waals surface area contributed by atoms with E-state index in [1.165, 1.54) is 76.5 Å². The van der Waals surface area contributed by atoms with Crippen LogP contribution in [0.4, 0.5) is 34.1 Å². The van der Waals surface area contributed by atoms with Crippen LogP contribution in [0.25, 0.3) is 76.5 Å². The lowest BCUT2D eigenvalue weighted by Gasteiger charge is -2.28. The molecule has 0 atom stereocenters. The molecule has 0 saturated carbocycles. The molecule has 12 aromatic carbocycles. The van der Waals surface area contributed by atoms with Gasteiger partial charge >= 0.3 is 0 Å². The number of fused-ring (bicyclic) bond motifs is 4. The minimum Gasteiger partial charge on any atom is -0.310 e. The zero-order valence-electron chi connectivity index (χ0n) is 36.3. The van der Waals surface area contributed by atoms with E-state index in [0.717, 1.165) is 34.1 Å². The fourth-order valence-electron chi connectivity index (χ4n) is 9.85. The molecule has 0 unspecified atom stereocenters. The Bertz CT molecular complexity index is 3640. The molecular formula is C64H44N2. The van der Waals surface area contributed by atoms with E-state index in [2.05, 4.69) is 277 Å². The molecule has 0 fully saturated rings. The summed E-state index contributed by atoms with van der Waals surface area (Å²) in [6.45, 7) is 0. The lowest BCUT2D eigenvalue weighted by molar-refractivity contribution is 1.29. The maximum Gasteiger partial charge on any atom is 0.0468 e. The van der Waals surface area contributed by atoms with Crippen molar-refractivity contribution in [2.24, 2.45) is 0 Å². The Hall–Kier alpha value is -8.72. The Morgan fingerprint density at radius 1 is 0.182 bits per heavy atom. The van der Waals surface area contributed by atoms with E-state index >= 15 is 0 Å². The average molecular weight is 841 g/mol. The van der Waals surface area contributed by atoms with Crippen molar-refractivity contribution in [3.05, 3.63) is 267 Å². The van der Waals surface area contributed by atoms with Crippen molar-refractivity contribution >= 4 is 77.2 Å². The van der Waals surface area contributed by atoms with E-state index in [4.69, 9.17) is 0 Å². The highest BCUT2D eigenvalue weighted by Gasteiger charge is 2.22. The van der Waals surface area contributed by atoms with Crippen molar-refractivity contribution in [3.63, 3.8) is 0 Å². The van der Waals surface area contributed by atoms with Crippen LogP contribution in [-0.4, -0.2) is 0 Å². The maximum atomic E-state index is 2.43. The summed E-state index contributed by atoms with van der Waals surface area (Å²) in [5.41, 5.74) is 13.7. The summed E-state index contributed by atoms with van der Waals surface area (Å²) in [5, 5.41) is 9.63. The van der Waals surface area contributed by atoms with E-state index in [-0.39, 0.29) is 0 Å². The molecule has 2 nitrogen and oxygen atoms in total. The zero-order chi connectivity index (χ0) is 43.8. The molecule has 0 saturated heterocycles. The van der Waals surface area contributed by atoms with E-state index in [0.29, 0.717) is 0 Å². The molecule has 2 heteroatoms. The van der Waals surface area contributed by atoms with Crippen molar-refractivity contribution in [2.45, 2.75) is 0 Å². The molecule has 12 rings (SSSR count). The van der Waals surface area contributed by atoms with Gasteiger partial charge in [-0.05, 0) is 155 Å². The van der Waals surface area contributed by atoms with E-state index in [9.17, 15) is 0 Å². The third-order valence-corrected chi connectivity index (χ3v) is 13.0. The van der Waals surface area contributed by atoms with Gasteiger partial charge < -0.3 is 9.80 Å². The number of hydrogen-bond acceptors (Lipinski definition) is 2. The smallest absolute Gasteiger partial charge is 0.0468 e. The Labute approximate surface area is 385 Å². The van der Waals surface area contributed by atoms with Gasteiger partial charge in [0, 0.05) is 34.1 Å². The first kappa shape index (κ1) is 38.9. The lowest BCUT2D eigenvalue weighted by Crippen LogP contribution is -2.10. The van der Waals surface area contributed by atoms with E-state index in [1.807, 2.05) is 0 Å². The highest BCUT2D eigenvalue weighted by Crippen LogP contribution is 2.49. The van der Waals surface area contributed by atoms with Gasteiger partial charge in [0.1, 0.15) is 0 Å². The second-order valence-corrected chi connectivity index (χ2v) is 16.9. The largest absolute Gasteiger partial charge is 0.310 e. The van der Waals surface area contributed by atoms with Crippen LogP contribution in [0, 0.1) is 0 Å². The number of rotatable bonds is 9. The third kappa shape index (κ3) is 7.12. The van der Waals surface area contributed by atoms with Crippen LogP contribution in [-0.2, 0) is 0 Å². The first-order chi connectivity index (χ1) is 32.7. The Kier molecular flexibility index (Phi) is 9.89. The van der Waals surface area contributed by atoms with E-state index in [1.54, 1.807) is 0 Å². The standard InChI is InChI=1S/C64H44N2/c1-5-17-45(18-6-1)48-29-32-49(33-30-48)63-59-39-38-58(66(55-27-11-4-12-28-55)56-36-35-47-20-14-16-22-51(47)42-56)44-62(59)64(52-34-31-46-19-13-15-21-50(46)41-52)60-40-37-57(43-61(60)63)65(53-23-7-2-8-24-53)54-25-9-3-10-26-54/h1-44H. The Morgan fingerprint density at radius 3 is 1.06 bits per heavy atom. The second-order valence-electron chi connectivity index (χ2n) is 16.9. The van der Waals surface area contributed by atoms with Crippen molar-refractivity contribution in [2.75, 3.05) is 9.80 Å². The molecule has 0 aromatic heterocycles. The normalized spacial score (nSPS) is 11.3. The summed E-state index contributed by atoms with van der Waals surface area (Å²) in [4.78, 5) is 4.77. The molecule has 0 amide bonds. The van der Waals surface area contributed by atoms with Crippen molar-refractivity contribution in [1.82, 2.24) is 0 Å². The fourth-order valence-corrected chi connectivity index (χ4v) is 9.85. The minimum atomic E-state index is 1.09. The van der Waals surface area contributed by atoms with Crippen LogP contribution >= 0.6 is 0 Å². The molecule has 66 heavy (non-hydrogen) atoms. The third-order valence-electron chi connectivity index (χ3n) is 13.0. The van der Waals surface area contributed by atoms with Gasteiger partial charge in [0.15, 0.2) is 0 Å².